The molecule has 0 fully saturated rings. The SMILES string of the molecule is O=C(O)Oc1sc(-c2ccccc2)cc1NS(=O)(=O)c1cc(Cl)c(O)c(Cl)c1. The molecular weight excluding hydrogens is 449 g/mol. The topological polar surface area (TPSA) is 113 Å². The average Bonchev–Trinajstić information content (AvgIpc) is 3.01. The van der Waals surface area contributed by atoms with Crippen molar-refractivity contribution in [3.05, 3.63) is 58.6 Å². The van der Waals surface area contributed by atoms with Gasteiger partial charge in [-0.2, -0.15) is 0 Å². The summed E-state index contributed by atoms with van der Waals surface area (Å²) in [6.45, 7) is 0. The third-order valence-corrected chi connectivity index (χ3v) is 6.46. The largest absolute Gasteiger partial charge is 0.512 e. The van der Waals surface area contributed by atoms with Crippen LogP contribution < -0.4 is 9.46 Å². The molecule has 0 aliphatic carbocycles. The van der Waals surface area contributed by atoms with Crippen molar-refractivity contribution in [3.63, 3.8) is 0 Å². The summed E-state index contributed by atoms with van der Waals surface area (Å²) in [5.74, 6) is -0.445. The second-order valence-electron chi connectivity index (χ2n) is 5.39. The van der Waals surface area contributed by atoms with E-state index < -0.39 is 21.9 Å². The van der Waals surface area contributed by atoms with Gasteiger partial charge in [-0.15, -0.1) is 0 Å². The van der Waals surface area contributed by atoms with Crippen LogP contribution in [0.4, 0.5) is 10.5 Å². The van der Waals surface area contributed by atoms with Gasteiger partial charge in [0.1, 0.15) is 5.69 Å². The number of thiophene rings is 1. The zero-order valence-corrected chi connectivity index (χ0v) is 16.9. The molecule has 0 radical (unpaired) electrons. The van der Waals surface area contributed by atoms with Crippen molar-refractivity contribution >= 4 is 56.4 Å². The molecule has 0 atom stereocenters. The molecule has 3 aromatic rings. The summed E-state index contributed by atoms with van der Waals surface area (Å²) in [6.07, 6.45) is -1.59. The number of ether oxygens (including phenoxy) is 1. The highest BCUT2D eigenvalue weighted by Gasteiger charge is 2.23. The molecular formula is C17H11Cl2NO6S2. The van der Waals surface area contributed by atoms with E-state index in [1.54, 1.807) is 24.3 Å². The van der Waals surface area contributed by atoms with Gasteiger partial charge < -0.3 is 14.9 Å². The van der Waals surface area contributed by atoms with Crippen LogP contribution in [0.15, 0.2) is 53.4 Å². The Balaban J connectivity index is 2.02. The molecule has 1 aromatic heterocycles. The van der Waals surface area contributed by atoms with Gasteiger partial charge in [-0.1, -0.05) is 64.9 Å². The minimum Gasteiger partial charge on any atom is -0.505 e. The highest BCUT2D eigenvalue weighted by atomic mass is 35.5. The standard InChI is InChI=1S/C17H11Cl2NO6S2/c18-11-6-10(7-12(19)15(11)21)28(24,25)20-13-8-14(9-4-2-1-3-5-9)27-16(13)26-17(22)23/h1-8,20-21H,(H,22,23). The van der Waals surface area contributed by atoms with E-state index in [2.05, 4.69) is 4.72 Å². The van der Waals surface area contributed by atoms with Gasteiger partial charge in [0.25, 0.3) is 10.0 Å². The fourth-order valence-corrected chi connectivity index (χ4v) is 5.00. The summed E-state index contributed by atoms with van der Waals surface area (Å²) in [5, 5.41) is 17.9. The van der Waals surface area contributed by atoms with E-state index in [9.17, 15) is 18.3 Å². The van der Waals surface area contributed by atoms with Crippen LogP contribution in [0.5, 0.6) is 10.8 Å². The van der Waals surface area contributed by atoms with Crippen molar-refractivity contribution in [1.29, 1.82) is 0 Å². The lowest BCUT2D eigenvalue weighted by molar-refractivity contribution is 0.146. The minimum atomic E-state index is -4.20. The van der Waals surface area contributed by atoms with Gasteiger partial charge in [-0.3, -0.25) is 4.72 Å². The molecule has 7 nitrogen and oxygen atoms in total. The number of benzene rings is 2. The molecule has 3 rings (SSSR count). The lowest BCUT2D eigenvalue weighted by Crippen LogP contribution is -2.14. The van der Waals surface area contributed by atoms with Gasteiger partial charge in [-0.25, -0.2) is 13.2 Å². The summed E-state index contributed by atoms with van der Waals surface area (Å²) in [7, 11) is -4.20. The van der Waals surface area contributed by atoms with Gasteiger partial charge in [0.2, 0.25) is 5.06 Å². The molecule has 1 heterocycles. The van der Waals surface area contributed by atoms with Crippen molar-refractivity contribution in [2.75, 3.05) is 4.72 Å². The van der Waals surface area contributed by atoms with Gasteiger partial charge >= 0.3 is 6.16 Å². The Labute approximate surface area is 173 Å². The number of hydrogen-bond donors (Lipinski definition) is 3. The molecule has 0 spiro atoms. The Morgan fingerprint density at radius 2 is 1.68 bits per heavy atom. The smallest absolute Gasteiger partial charge is 0.505 e. The Kier molecular flexibility index (Phi) is 5.71. The van der Waals surface area contributed by atoms with E-state index in [-0.39, 0.29) is 25.7 Å². The molecule has 0 bridgehead atoms. The van der Waals surface area contributed by atoms with Crippen molar-refractivity contribution in [2.45, 2.75) is 4.90 Å². The second-order valence-corrected chi connectivity index (χ2v) is 8.90. The summed E-state index contributed by atoms with van der Waals surface area (Å²) in [5.41, 5.74) is 0.690. The highest BCUT2D eigenvalue weighted by molar-refractivity contribution is 7.92. The molecule has 2 aromatic carbocycles. The molecule has 0 unspecified atom stereocenters. The molecule has 0 amide bonds. The van der Waals surface area contributed by atoms with Crippen LogP contribution in [0.3, 0.4) is 0 Å². The van der Waals surface area contributed by atoms with Crippen LogP contribution in [0.1, 0.15) is 0 Å². The summed E-state index contributed by atoms with van der Waals surface area (Å²) >= 11 is 12.5. The van der Waals surface area contributed by atoms with E-state index in [0.29, 0.717) is 4.88 Å². The molecule has 0 aliphatic heterocycles. The highest BCUT2D eigenvalue weighted by Crippen LogP contribution is 2.42. The Bertz CT molecular complexity index is 1120. The van der Waals surface area contributed by atoms with Crippen LogP contribution in [0, 0.1) is 0 Å². The van der Waals surface area contributed by atoms with Gasteiger partial charge in [0.05, 0.1) is 14.9 Å². The number of carboxylic acid groups (broad SMARTS) is 1. The van der Waals surface area contributed by atoms with Crippen LogP contribution in [0.25, 0.3) is 10.4 Å². The van der Waals surface area contributed by atoms with Crippen LogP contribution in [0.2, 0.25) is 10.0 Å². The van der Waals surface area contributed by atoms with E-state index in [1.165, 1.54) is 6.07 Å². The van der Waals surface area contributed by atoms with E-state index in [1.807, 2.05) is 6.07 Å². The minimum absolute atomic E-state index is 0.0634. The van der Waals surface area contributed by atoms with E-state index in [0.717, 1.165) is 29.0 Å². The van der Waals surface area contributed by atoms with Crippen molar-refractivity contribution < 1.29 is 28.2 Å². The number of nitrogens with one attached hydrogen (secondary N) is 1. The zero-order chi connectivity index (χ0) is 20.5. The lowest BCUT2D eigenvalue weighted by Gasteiger charge is -2.09. The molecule has 0 saturated heterocycles. The van der Waals surface area contributed by atoms with Crippen LogP contribution in [-0.4, -0.2) is 24.8 Å². The Morgan fingerprint density at radius 3 is 2.25 bits per heavy atom. The first-order chi connectivity index (χ1) is 13.2. The third kappa shape index (κ3) is 4.33. The maximum atomic E-state index is 12.7. The molecule has 3 N–H and O–H groups in total. The molecule has 28 heavy (non-hydrogen) atoms. The number of sulfonamides is 1. The summed E-state index contributed by atoms with van der Waals surface area (Å²) in [6, 6.07) is 12.5. The molecule has 0 aliphatic rings. The number of hydrogen-bond acceptors (Lipinski definition) is 6. The summed E-state index contributed by atoms with van der Waals surface area (Å²) < 4.78 is 32.4. The fourth-order valence-electron chi connectivity index (χ4n) is 2.25. The third-order valence-electron chi connectivity index (χ3n) is 3.48. The van der Waals surface area contributed by atoms with E-state index >= 15 is 0 Å². The van der Waals surface area contributed by atoms with Crippen molar-refractivity contribution in [2.24, 2.45) is 0 Å². The average molecular weight is 460 g/mol. The number of carbonyl (C=O) groups is 1. The second kappa shape index (κ2) is 7.88. The van der Waals surface area contributed by atoms with Crippen LogP contribution >= 0.6 is 34.5 Å². The fraction of sp³-hybridized carbons (Fsp3) is 0. The van der Waals surface area contributed by atoms with Gasteiger partial charge in [0.15, 0.2) is 5.75 Å². The predicted octanol–water partition coefficient (Wildman–Crippen LogP) is 5.29. The first-order valence-corrected chi connectivity index (χ1v) is 10.5. The first-order valence-electron chi connectivity index (χ1n) is 7.48. The quantitative estimate of drug-likeness (QED) is 0.447. The number of phenols is 1. The molecule has 146 valence electrons. The molecule has 0 saturated carbocycles. The lowest BCUT2D eigenvalue weighted by atomic mass is 10.2. The monoisotopic (exact) mass is 459 g/mol. The number of aromatic hydroxyl groups is 1. The number of phenolic OH excluding ortho intramolecular Hbond substituents is 1. The van der Waals surface area contributed by atoms with Gasteiger partial charge in [-0.05, 0) is 23.8 Å². The Hall–Kier alpha value is -2.46. The Morgan fingerprint density at radius 1 is 1.07 bits per heavy atom. The van der Waals surface area contributed by atoms with E-state index in [4.69, 9.17) is 33.0 Å². The number of rotatable bonds is 5. The van der Waals surface area contributed by atoms with Gasteiger partial charge in [0, 0.05) is 4.88 Å². The number of halogens is 2. The van der Waals surface area contributed by atoms with Crippen LogP contribution in [-0.2, 0) is 10.0 Å². The van der Waals surface area contributed by atoms with Crippen molar-refractivity contribution in [1.82, 2.24) is 0 Å². The maximum absolute atomic E-state index is 12.7. The predicted molar refractivity (Wildman–Crippen MR) is 107 cm³/mol. The molecule has 11 heteroatoms. The first kappa shape index (κ1) is 20.3. The summed E-state index contributed by atoms with van der Waals surface area (Å²) in [4.78, 5) is 11.3. The maximum Gasteiger partial charge on any atom is 0.512 e. The zero-order valence-electron chi connectivity index (χ0n) is 13.7. The number of anilines is 1. The van der Waals surface area contributed by atoms with Crippen molar-refractivity contribution in [3.8, 4) is 21.3 Å². The normalized spacial score (nSPS) is 11.2.